The van der Waals surface area contributed by atoms with Gasteiger partial charge in [0.15, 0.2) is 0 Å². The van der Waals surface area contributed by atoms with Crippen molar-refractivity contribution in [2.45, 2.75) is 20.0 Å². The van der Waals surface area contributed by atoms with Crippen LogP contribution in [0.25, 0.3) is 11.3 Å². The monoisotopic (exact) mass is 219 g/mol. The molecule has 3 nitrogen and oxygen atoms in total. The smallest absolute Gasteiger partial charge is 0.123 e. The predicted molar refractivity (Wildman–Crippen MR) is 61.2 cm³/mol. The number of aryl methyl sites for hydroxylation is 1. The summed E-state index contributed by atoms with van der Waals surface area (Å²) in [4.78, 5) is 0. The van der Waals surface area contributed by atoms with E-state index in [4.69, 9.17) is 5.73 Å². The molecular weight excluding hydrogens is 205 g/mol. The Morgan fingerprint density at radius 1 is 1.38 bits per heavy atom. The van der Waals surface area contributed by atoms with Crippen LogP contribution in [0.15, 0.2) is 30.3 Å². The van der Waals surface area contributed by atoms with Crippen LogP contribution in [0.2, 0.25) is 0 Å². The summed E-state index contributed by atoms with van der Waals surface area (Å²) in [6.07, 6.45) is 0. The van der Waals surface area contributed by atoms with Crippen molar-refractivity contribution in [3.63, 3.8) is 0 Å². The Labute approximate surface area is 93.7 Å². The molecule has 1 aromatic heterocycles. The van der Waals surface area contributed by atoms with Crippen LogP contribution in [0.3, 0.4) is 0 Å². The fraction of sp³-hybridized carbons (Fsp3) is 0.250. The van der Waals surface area contributed by atoms with Gasteiger partial charge in [-0.25, -0.2) is 4.39 Å². The van der Waals surface area contributed by atoms with Gasteiger partial charge in [-0.15, -0.1) is 0 Å². The topological polar surface area (TPSA) is 43.8 Å². The van der Waals surface area contributed by atoms with E-state index in [0.29, 0.717) is 6.54 Å². The van der Waals surface area contributed by atoms with Crippen LogP contribution in [0.4, 0.5) is 4.39 Å². The molecular formula is C12H14FN3. The lowest BCUT2D eigenvalue weighted by atomic mass is 10.1. The molecule has 2 aromatic rings. The van der Waals surface area contributed by atoms with Gasteiger partial charge in [-0.2, -0.15) is 5.10 Å². The summed E-state index contributed by atoms with van der Waals surface area (Å²) in [7, 11) is 0. The summed E-state index contributed by atoms with van der Waals surface area (Å²) in [6, 6.07) is 8.40. The number of nitrogens with zero attached hydrogens (tertiary/aromatic N) is 2. The Kier molecular flexibility index (Phi) is 3.01. The van der Waals surface area contributed by atoms with Crippen molar-refractivity contribution in [3.05, 3.63) is 41.8 Å². The van der Waals surface area contributed by atoms with Gasteiger partial charge in [-0.05, 0) is 25.1 Å². The summed E-state index contributed by atoms with van der Waals surface area (Å²) in [5, 5.41) is 4.32. The fourth-order valence-corrected chi connectivity index (χ4v) is 1.69. The second kappa shape index (κ2) is 4.45. The van der Waals surface area contributed by atoms with Crippen LogP contribution in [0, 0.1) is 5.82 Å². The first-order valence-corrected chi connectivity index (χ1v) is 5.27. The largest absolute Gasteiger partial charge is 0.325 e. The minimum atomic E-state index is -0.240. The molecule has 0 spiro atoms. The highest BCUT2D eigenvalue weighted by molar-refractivity contribution is 5.60. The van der Waals surface area contributed by atoms with Gasteiger partial charge in [0.25, 0.3) is 0 Å². The first-order chi connectivity index (χ1) is 7.74. The number of benzene rings is 1. The zero-order chi connectivity index (χ0) is 11.5. The average Bonchev–Trinajstić information content (AvgIpc) is 2.72. The lowest BCUT2D eigenvalue weighted by Gasteiger charge is -2.04. The number of hydrogen-bond donors (Lipinski definition) is 1. The Hall–Kier alpha value is -1.68. The van der Waals surface area contributed by atoms with Crippen molar-refractivity contribution in [2.75, 3.05) is 0 Å². The van der Waals surface area contributed by atoms with E-state index in [1.165, 1.54) is 12.1 Å². The molecule has 0 aliphatic rings. The molecule has 0 saturated carbocycles. The fourth-order valence-electron chi connectivity index (χ4n) is 1.69. The first-order valence-electron chi connectivity index (χ1n) is 5.27. The Morgan fingerprint density at radius 2 is 2.19 bits per heavy atom. The molecule has 2 N–H and O–H groups in total. The van der Waals surface area contributed by atoms with Crippen LogP contribution < -0.4 is 5.73 Å². The Bertz CT molecular complexity index is 491. The summed E-state index contributed by atoms with van der Waals surface area (Å²) in [6.45, 7) is 3.14. The molecule has 0 bridgehead atoms. The van der Waals surface area contributed by atoms with Crippen molar-refractivity contribution < 1.29 is 4.39 Å². The van der Waals surface area contributed by atoms with Gasteiger partial charge < -0.3 is 5.73 Å². The second-order valence-corrected chi connectivity index (χ2v) is 3.55. The van der Waals surface area contributed by atoms with Crippen molar-refractivity contribution >= 4 is 0 Å². The molecule has 2 rings (SSSR count). The maximum atomic E-state index is 13.1. The summed E-state index contributed by atoms with van der Waals surface area (Å²) in [5.74, 6) is -0.240. The highest BCUT2D eigenvalue weighted by atomic mass is 19.1. The van der Waals surface area contributed by atoms with E-state index in [2.05, 4.69) is 5.10 Å². The van der Waals surface area contributed by atoms with Gasteiger partial charge in [0.2, 0.25) is 0 Å². The van der Waals surface area contributed by atoms with Crippen LogP contribution in [-0.4, -0.2) is 9.78 Å². The third kappa shape index (κ3) is 1.97. The standard InChI is InChI=1S/C12H14FN3/c1-2-16-12(7-11(8-14)15-16)9-4-3-5-10(13)6-9/h3-7H,2,8,14H2,1H3. The van der Waals surface area contributed by atoms with E-state index in [1.54, 1.807) is 6.07 Å². The second-order valence-electron chi connectivity index (χ2n) is 3.55. The van der Waals surface area contributed by atoms with Crippen LogP contribution >= 0.6 is 0 Å². The van der Waals surface area contributed by atoms with Gasteiger partial charge >= 0.3 is 0 Å². The van der Waals surface area contributed by atoms with Gasteiger partial charge in [0, 0.05) is 18.7 Å². The molecule has 1 heterocycles. The number of halogens is 1. The summed E-state index contributed by atoms with van der Waals surface area (Å²) in [5.41, 5.74) is 8.10. The molecule has 16 heavy (non-hydrogen) atoms. The highest BCUT2D eigenvalue weighted by Crippen LogP contribution is 2.21. The Balaban J connectivity index is 2.50. The highest BCUT2D eigenvalue weighted by Gasteiger charge is 2.08. The molecule has 0 saturated heterocycles. The van der Waals surface area contributed by atoms with Crippen LogP contribution in [0.1, 0.15) is 12.6 Å². The SMILES string of the molecule is CCn1nc(CN)cc1-c1cccc(F)c1. The van der Waals surface area contributed by atoms with E-state index in [9.17, 15) is 4.39 Å². The number of aromatic nitrogens is 2. The lowest BCUT2D eigenvalue weighted by Crippen LogP contribution is -2.02. The van der Waals surface area contributed by atoms with Crippen molar-refractivity contribution in [2.24, 2.45) is 5.73 Å². The number of hydrogen-bond acceptors (Lipinski definition) is 2. The average molecular weight is 219 g/mol. The minimum Gasteiger partial charge on any atom is -0.325 e. The third-order valence-electron chi connectivity index (χ3n) is 2.46. The van der Waals surface area contributed by atoms with E-state index in [1.807, 2.05) is 23.7 Å². The zero-order valence-electron chi connectivity index (χ0n) is 9.15. The van der Waals surface area contributed by atoms with Gasteiger partial charge in [0.1, 0.15) is 5.82 Å². The molecule has 0 atom stereocenters. The molecule has 0 fully saturated rings. The molecule has 0 aliphatic carbocycles. The normalized spacial score (nSPS) is 10.7. The zero-order valence-corrected chi connectivity index (χ0v) is 9.15. The van der Waals surface area contributed by atoms with E-state index in [-0.39, 0.29) is 5.82 Å². The minimum absolute atomic E-state index is 0.240. The van der Waals surface area contributed by atoms with E-state index < -0.39 is 0 Å². The van der Waals surface area contributed by atoms with E-state index in [0.717, 1.165) is 23.5 Å². The quantitative estimate of drug-likeness (QED) is 0.859. The van der Waals surface area contributed by atoms with Crippen LogP contribution in [-0.2, 0) is 13.1 Å². The van der Waals surface area contributed by atoms with Gasteiger partial charge in [-0.3, -0.25) is 4.68 Å². The third-order valence-corrected chi connectivity index (χ3v) is 2.46. The number of nitrogens with two attached hydrogens (primary N) is 1. The van der Waals surface area contributed by atoms with E-state index >= 15 is 0 Å². The Morgan fingerprint density at radius 3 is 2.81 bits per heavy atom. The van der Waals surface area contributed by atoms with Crippen molar-refractivity contribution in [1.29, 1.82) is 0 Å². The number of rotatable bonds is 3. The van der Waals surface area contributed by atoms with Crippen LogP contribution in [0.5, 0.6) is 0 Å². The molecule has 4 heteroatoms. The summed E-state index contributed by atoms with van der Waals surface area (Å²) < 4.78 is 15.0. The van der Waals surface area contributed by atoms with Gasteiger partial charge in [0.05, 0.1) is 11.4 Å². The first kappa shape index (κ1) is 10.8. The molecule has 1 aromatic carbocycles. The maximum Gasteiger partial charge on any atom is 0.123 e. The molecule has 84 valence electrons. The lowest BCUT2D eigenvalue weighted by molar-refractivity contribution is 0.626. The molecule has 0 aliphatic heterocycles. The predicted octanol–water partition coefficient (Wildman–Crippen LogP) is 2.17. The van der Waals surface area contributed by atoms with Gasteiger partial charge in [-0.1, -0.05) is 12.1 Å². The molecule has 0 radical (unpaired) electrons. The van der Waals surface area contributed by atoms with Crippen molar-refractivity contribution in [1.82, 2.24) is 9.78 Å². The molecule has 0 amide bonds. The molecule has 0 unspecified atom stereocenters. The maximum absolute atomic E-state index is 13.1. The van der Waals surface area contributed by atoms with Crippen molar-refractivity contribution in [3.8, 4) is 11.3 Å². The summed E-state index contributed by atoms with van der Waals surface area (Å²) >= 11 is 0.